The van der Waals surface area contributed by atoms with Gasteiger partial charge >= 0.3 is 5.97 Å². The number of carbonyl (C=O) groups is 2. The molecule has 124 valence electrons. The predicted octanol–water partition coefficient (Wildman–Crippen LogP) is 3.56. The Balaban J connectivity index is 1.85. The maximum absolute atomic E-state index is 12.6. The maximum Gasteiger partial charge on any atom is 0.303 e. The highest BCUT2D eigenvalue weighted by molar-refractivity contribution is 5.81. The van der Waals surface area contributed by atoms with Gasteiger partial charge in [0.05, 0.1) is 12.5 Å². The summed E-state index contributed by atoms with van der Waals surface area (Å²) in [6, 6.07) is 8.59. The lowest BCUT2D eigenvalue weighted by Gasteiger charge is -2.43. The smallest absolute Gasteiger partial charge is 0.303 e. The van der Waals surface area contributed by atoms with Crippen molar-refractivity contribution in [3.63, 3.8) is 0 Å². The summed E-state index contributed by atoms with van der Waals surface area (Å²) in [5.41, 5.74) is 2.64. The Morgan fingerprint density at radius 2 is 1.83 bits per heavy atom. The zero-order valence-electron chi connectivity index (χ0n) is 13.5. The van der Waals surface area contributed by atoms with E-state index >= 15 is 0 Å². The Bertz CT molecular complexity index is 578. The van der Waals surface area contributed by atoms with Gasteiger partial charge in [0.2, 0.25) is 5.91 Å². The van der Waals surface area contributed by atoms with Crippen LogP contribution in [0.4, 0.5) is 0 Å². The molecule has 0 spiro atoms. The Labute approximate surface area is 137 Å². The second-order valence-corrected chi connectivity index (χ2v) is 6.77. The molecule has 1 unspecified atom stereocenters. The van der Waals surface area contributed by atoms with Crippen LogP contribution in [0.5, 0.6) is 0 Å². The number of carboxylic acids is 1. The molecule has 1 aliphatic carbocycles. The molecule has 0 saturated heterocycles. The third-order valence-electron chi connectivity index (χ3n) is 5.30. The average molecular weight is 315 g/mol. The Morgan fingerprint density at radius 3 is 2.57 bits per heavy atom. The topological polar surface area (TPSA) is 57.6 Å². The van der Waals surface area contributed by atoms with Gasteiger partial charge in [-0.3, -0.25) is 9.59 Å². The molecular weight excluding hydrogens is 290 g/mol. The minimum Gasteiger partial charge on any atom is -0.481 e. The molecule has 4 nitrogen and oxygen atoms in total. The van der Waals surface area contributed by atoms with E-state index in [0.717, 1.165) is 13.0 Å². The molecule has 23 heavy (non-hydrogen) atoms. The van der Waals surface area contributed by atoms with Gasteiger partial charge in [-0.2, -0.15) is 0 Å². The van der Waals surface area contributed by atoms with Crippen molar-refractivity contribution in [2.45, 2.75) is 57.4 Å². The third-order valence-corrected chi connectivity index (χ3v) is 5.30. The van der Waals surface area contributed by atoms with Crippen molar-refractivity contribution in [2.75, 3.05) is 6.54 Å². The van der Waals surface area contributed by atoms with Gasteiger partial charge in [-0.05, 0) is 36.3 Å². The van der Waals surface area contributed by atoms with Crippen LogP contribution in [0.3, 0.4) is 0 Å². The predicted molar refractivity (Wildman–Crippen MR) is 88.0 cm³/mol. The molecule has 1 atom stereocenters. The molecule has 2 aliphatic rings. The highest BCUT2D eigenvalue weighted by Gasteiger charge is 2.36. The van der Waals surface area contributed by atoms with Crippen LogP contribution in [0, 0.1) is 5.92 Å². The molecule has 1 aliphatic heterocycles. The number of nitrogens with zero attached hydrogens (tertiary/aromatic N) is 1. The van der Waals surface area contributed by atoms with Gasteiger partial charge in [0, 0.05) is 13.0 Å². The first-order chi connectivity index (χ1) is 11.2. The van der Waals surface area contributed by atoms with E-state index in [9.17, 15) is 9.59 Å². The lowest BCUT2D eigenvalue weighted by atomic mass is 9.77. The van der Waals surface area contributed by atoms with E-state index in [1.54, 1.807) is 0 Å². The highest BCUT2D eigenvalue weighted by Crippen LogP contribution is 2.42. The molecule has 1 aromatic rings. The fourth-order valence-corrected chi connectivity index (χ4v) is 4.19. The van der Waals surface area contributed by atoms with Crippen molar-refractivity contribution in [3.05, 3.63) is 35.4 Å². The Kier molecular flexibility index (Phi) is 4.99. The second kappa shape index (κ2) is 7.16. The first kappa shape index (κ1) is 16.0. The summed E-state index contributed by atoms with van der Waals surface area (Å²) in [5, 5.41) is 8.86. The summed E-state index contributed by atoms with van der Waals surface area (Å²) in [6.45, 7) is 0.719. The monoisotopic (exact) mass is 315 g/mol. The Hall–Kier alpha value is -1.84. The number of carbonyl (C=O) groups excluding carboxylic acids is 1. The van der Waals surface area contributed by atoms with Crippen LogP contribution in [-0.2, 0) is 16.0 Å². The number of fused-ring (bicyclic) bond motifs is 1. The number of hydrogen-bond acceptors (Lipinski definition) is 2. The largest absolute Gasteiger partial charge is 0.481 e. The normalized spacial score (nSPS) is 21.7. The van der Waals surface area contributed by atoms with Gasteiger partial charge in [-0.25, -0.2) is 0 Å². The van der Waals surface area contributed by atoms with Crippen molar-refractivity contribution in [3.8, 4) is 0 Å². The summed E-state index contributed by atoms with van der Waals surface area (Å²) in [6.07, 6.45) is 7.01. The van der Waals surface area contributed by atoms with Crippen molar-refractivity contribution in [1.29, 1.82) is 0 Å². The molecule has 3 rings (SSSR count). The zero-order chi connectivity index (χ0) is 16.2. The molecule has 1 saturated carbocycles. The summed E-state index contributed by atoms with van der Waals surface area (Å²) in [5.74, 6) is -0.388. The number of benzene rings is 1. The number of carboxylic acid groups (broad SMARTS) is 1. The standard InChI is InChI=1S/C19H25NO3/c21-17(10-11-18(22)23)20-13-12-14-6-4-5-9-16(14)19(20)15-7-2-1-3-8-15/h4-6,9,15,19H,1-3,7-8,10-13H2,(H,22,23). The number of rotatable bonds is 4. The first-order valence-electron chi connectivity index (χ1n) is 8.76. The van der Waals surface area contributed by atoms with Crippen LogP contribution in [0.1, 0.15) is 62.1 Å². The number of amides is 1. The quantitative estimate of drug-likeness (QED) is 0.924. The minimum atomic E-state index is -0.898. The molecule has 0 bridgehead atoms. The van der Waals surface area contributed by atoms with Gasteiger partial charge in [-0.15, -0.1) is 0 Å². The zero-order valence-corrected chi connectivity index (χ0v) is 13.5. The fraction of sp³-hybridized carbons (Fsp3) is 0.579. The van der Waals surface area contributed by atoms with Crippen LogP contribution in [0.15, 0.2) is 24.3 Å². The Morgan fingerprint density at radius 1 is 1.09 bits per heavy atom. The van der Waals surface area contributed by atoms with Crippen molar-refractivity contribution >= 4 is 11.9 Å². The van der Waals surface area contributed by atoms with E-state index in [1.165, 1.54) is 43.2 Å². The van der Waals surface area contributed by atoms with Crippen molar-refractivity contribution in [2.24, 2.45) is 5.92 Å². The minimum absolute atomic E-state index is 0.00234. The summed E-state index contributed by atoms with van der Waals surface area (Å²) in [7, 11) is 0. The van der Waals surface area contributed by atoms with E-state index < -0.39 is 5.97 Å². The van der Waals surface area contributed by atoms with E-state index in [2.05, 4.69) is 24.3 Å². The van der Waals surface area contributed by atoms with Gasteiger partial charge in [0.15, 0.2) is 0 Å². The summed E-state index contributed by atoms with van der Waals surface area (Å²) in [4.78, 5) is 25.4. The highest BCUT2D eigenvalue weighted by atomic mass is 16.4. The molecule has 1 aromatic carbocycles. The van der Waals surface area contributed by atoms with Gasteiger partial charge in [-0.1, -0.05) is 43.5 Å². The van der Waals surface area contributed by atoms with Crippen molar-refractivity contribution < 1.29 is 14.7 Å². The SMILES string of the molecule is O=C(O)CCC(=O)N1CCc2ccccc2C1C1CCCCC1. The van der Waals surface area contributed by atoms with Crippen molar-refractivity contribution in [1.82, 2.24) is 4.90 Å². The van der Waals surface area contributed by atoms with E-state index in [4.69, 9.17) is 5.11 Å². The maximum atomic E-state index is 12.6. The van der Waals surface area contributed by atoms with E-state index in [0.29, 0.717) is 5.92 Å². The van der Waals surface area contributed by atoms with Crippen LogP contribution >= 0.6 is 0 Å². The third kappa shape index (κ3) is 3.57. The first-order valence-corrected chi connectivity index (χ1v) is 8.76. The number of aliphatic carboxylic acids is 1. The van der Waals surface area contributed by atoms with Crippen LogP contribution in [-0.4, -0.2) is 28.4 Å². The summed E-state index contributed by atoms with van der Waals surface area (Å²) < 4.78 is 0. The molecular formula is C19H25NO3. The molecule has 1 fully saturated rings. The molecule has 1 heterocycles. The van der Waals surface area contributed by atoms with E-state index in [-0.39, 0.29) is 24.8 Å². The molecule has 1 amide bonds. The number of hydrogen-bond donors (Lipinski definition) is 1. The molecule has 0 aromatic heterocycles. The van der Waals surface area contributed by atoms with Crippen LogP contribution in [0.2, 0.25) is 0 Å². The lowest BCUT2D eigenvalue weighted by Crippen LogP contribution is -2.43. The molecule has 0 radical (unpaired) electrons. The van der Waals surface area contributed by atoms with Gasteiger partial charge in [0.1, 0.15) is 0 Å². The van der Waals surface area contributed by atoms with Crippen LogP contribution in [0.25, 0.3) is 0 Å². The molecule has 4 heteroatoms. The van der Waals surface area contributed by atoms with Gasteiger partial charge in [0.25, 0.3) is 0 Å². The fourth-order valence-electron chi connectivity index (χ4n) is 4.19. The van der Waals surface area contributed by atoms with Gasteiger partial charge < -0.3 is 10.0 Å². The second-order valence-electron chi connectivity index (χ2n) is 6.77. The summed E-state index contributed by atoms with van der Waals surface area (Å²) >= 11 is 0. The lowest BCUT2D eigenvalue weighted by molar-refractivity contribution is -0.142. The van der Waals surface area contributed by atoms with E-state index in [1.807, 2.05) is 4.90 Å². The molecule has 1 N–H and O–H groups in total. The average Bonchev–Trinajstić information content (AvgIpc) is 2.59. The van der Waals surface area contributed by atoms with Crippen LogP contribution < -0.4 is 0 Å².